The third kappa shape index (κ3) is 2.04. The third-order valence-electron chi connectivity index (χ3n) is 1.89. The number of anilines is 1. The second-order valence-corrected chi connectivity index (χ2v) is 2.81. The van der Waals surface area contributed by atoms with Crippen LogP contribution in [0.5, 0.6) is 0 Å². The molecule has 1 amide bonds. The zero-order valence-electron chi connectivity index (χ0n) is 8.25. The fraction of sp³-hybridized carbons (Fsp3) is 0.222. The Morgan fingerprint density at radius 1 is 1.47 bits per heavy atom. The van der Waals surface area contributed by atoms with Gasteiger partial charge in [-0.15, -0.1) is 0 Å². The van der Waals surface area contributed by atoms with Crippen molar-refractivity contribution in [1.82, 2.24) is 5.06 Å². The number of halogens is 2. The highest BCUT2D eigenvalue weighted by Gasteiger charge is 2.22. The average molecular weight is 216 g/mol. The summed E-state index contributed by atoms with van der Waals surface area (Å²) in [6.07, 6.45) is 0. The second kappa shape index (κ2) is 4.22. The molecular weight excluding hydrogens is 206 g/mol. The minimum atomic E-state index is -1.08. The lowest BCUT2D eigenvalue weighted by molar-refractivity contribution is -0.0762. The van der Waals surface area contributed by atoms with Crippen molar-refractivity contribution in [2.45, 2.75) is 0 Å². The number of carbonyl (C=O) groups is 1. The van der Waals surface area contributed by atoms with Crippen LogP contribution in [0, 0.1) is 11.6 Å². The van der Waals surface area contributed by atoms with E-state index in [0.29, 0.717) is 5.06 Å². The minimum Gasteiger partial charge on any atom is -0.396 e. The molecule has 1 rings (SSSR count). The van der Waals surface area contributed by atoms with E-state index in [9.17, 15) is 13.6 Å². The number of rotatable bonds is 2. The summed E-state index contributed by atoms with van der Waals surface area (Å²) in [5.41, 5.74) is 4.21. The molecule has 0 aromatic heterocycles. The monoisotopic (exact) mass is 216 g/mol. The van der Waals surface area contributed by atoms with Gasteiger partial charge in [-0.2, -0.15) is 0 Å². The van der Waals surface area contributed by atoms with Gasteiger partial charge in [0.1, 0.15) is 11.4 Å². The van der Waals surface area contributed by atoms with Crippen LogP contribution < -0.4 is 5.73 Å². The Hall–Kier alpha value is -1.69. The van der Waals surface area contributed by atoms with Gasteiger partial charge in [0.05, 0.1) is 12.8 Å². The Kier molecular flexibility index (Phi) is 3.21. The first-order chi connectivity index (χ1) is 6.99. The van der Waals surface area contributed by atoms with Gasteiger partial charge in [0.25, 0.3) is 5.91 Å². The van der Waals surface area contributed by atoms with Crippen molar-refractivity contribution in [2.24, 2.45) is 0 Å². The number of hydrogen-bond donors (Lipinski definition) is 1. The lowest BCUT2D eigenvalue weighted by Gasteiger charge is -2.14. The van der Waals surface area contributed by atoms with E-state index in [-0.39, 0.29) is 5.69 Å². The van der Waals surface area contributed by atoms with Crippen molar-refractivity contribution in [2.75, 3.05) is 19.9 Å². The number of nitrogen functional groups attached to an aromatic ring is 1. The predicted octanol–water partition coefficient (Wildman–Crippen LogP) is 1.18. The van der Waals surface area contributed by atoms with Gasteiger partial charge in [-0.05, 0) is 12.1 Å². The molecule has 1 aromatic carbocycles. The number of hydroxylamine groups is 2. The van der Waals surface area contributed by atoms with Crippen molar-refractivity contribution in [3.05, 3.63) is 29.3 Å². The van der Waals surface area contributed by atoms with Crippen LogP contribution in [-0.4, -0.2) is 25.1 Å². The molecule has 0 radical (unpaired) electrons. The van der Waals surface area contributed by atoms with E-state index in [4.69, 9.17) is 5.73 Å². The summed E-state index contributed by atoms with van der Waals surface area (Å²) in [5.74, 6) is -2.99. The molecule has 0 aliphatic carbocycles. The summed E-state index contributed by atoms with van der Waals surface area (Å²) in [6, 6.07) is 1.98. The predicted molar refractivity (Wildman–Crippen MR) is 49.9 cm³/mol. The zero-order chi connectivity index (χ0) is 11.6. The van der Waals surface area contributed by atoms with Gasteiger partial charge >= 0.3 is 0 Å². The number of nitrogens with two attached hydrogens (primary N) is 1. The van der Waals surface area contributed by atoms with E-state index in [2.05, 4.69) is 4.84 Å². The largest absolute Gasteiger partial charge is 0.396 e. The normalized spacial score (nSPS) is 10.1. The van der Waals surface area contributed by atoms with Gasteiger partial charge in [0, 0.05) is 7.05 Å². The Labute approximate surface area is 85.2 Å². The van der Waals surface area contributed by atoms with Gasteiger partial charge < -0.3 is 5.73 Å². The van der Waals surface area contributed by atoms with Crippen LogP contribution in [0.2, 0.25) is 0 Å². The van der Waals surface area contributed by atoms with E-state index < -0.39 is 23.1 Å². The molecule has 1 aromatic rings. The Morgan fingerprint density at radius 2 is 2.07 bits per heavy atom. The molecule has 0 spiro atoms. The van der Waals surface area contributed by atoms with Crippen molar-refractivity contribution in [3.8, 4) is 0 Å². The standard InChI is InChI=1S/C9H10F2N2O2/c1-13(15-2)9(14)7-5(10)3-4-6(12)8(7)11/h3-4H,12H2,1-2H3. The smallest absolute Gasteiger partial charge is 0.283 e. The van der Waals surface area contributed by atoms with Gasteiger partial charge in [0.2, 0.25) is 0 Å². The van der Waals surface area contributed by atoms with Gasteiger partial charge in [-0.1, -0.05) is 0 Å². The van der Waals surface area contributed by atoms with Crippen LogP contribution >= 0.6 is 0 Å². The van der Waals surface area contributed by atoms with Crippen LogP contribution in [0.1, 0.15) is 10.4 Å². The van der Waals surface area contributed by atoms with Crippen LogP contribution in [0.15, 0.2) is 12.1 Å². The van der Waals surface area contributed by atoms with Crippen molar-refractivity contribution >= 4 is 11.6 Å². The molecule has 0 unspecified atom stereocenters. The topological polar surface area (TPSA) is 55.6 Å². The Balaban J connectivity index is 3.24. The molecule has 2 N–H and O–H groups in total. The first-order valence-corrected chi connectivity index (χ1v) is 4.04. The molecule has 0 heterocycles. The summed E-state index contributed by atoms with van der Waals surface area (Å²) < 4.78 is 26.5. The summed E-state index contributed by atoms with van der Waals surface area (Å²) in [6.45, 7) is 0. The molecule has 0 saturated heterocycles. The highest BCUT2D eigenvalue weighted by Crippen LogP contribution is 2.19. The first kappa shape index (κ1) is 11.4. The number of benzene rings is 1. The van der Waals surface area contributed by atoms with E-state index in [1.54, 1.807) is 0 Å². The van der Waals surface area contributed by atoms with Gasteiger partial charge in [-0.3, -0.25) is 9.63 Å². The highest BCUT2D eigenvalue weighted by atomic mass is 19.1. The molecule has 0 saturated carbocycles. The van der Waals surface area contributed by atoms with E-state index in [1.807, 2.05) is 0 Å². The maximum atomic E-state index is 13.3. The molecule has 0 fully saturated rings. The Bertz CT molecular complexity index is 396. The molecule has 15 heavy (non-hydrogen) atoms. The van der Waals surface area contributed by atoms with Crippen LogP contribution in [0.3, 0.4) is 0 Å². The fourth-order valence-electron chi connectivity index (χ4n) is 1.01. The van der Waals surface area contributed by atoms with Crippen molar-refractivity contribution in [3.63, 3.8) is 0 Å². The van der Waals surface area contributed by atoms with Crippen LogP contribution in [0.25, 0.3) is 0 Å². The first-order valence-electron chi connectivity index (χ1n) is 4.04. The van der Waals surface area contributed by atoms with Gasteiger partial charge in [-0.25, -0.2) is 13.8 Å². The SMILES string of the molecule is CON(C)C(=O)c1c(F)ccc(N)c1F. The molecular formula is C9H10F2N2O2. The molecule has 6 heteroatoms. The number of hydrogen-bond acceptors (Lipinski definition) is 3. The minimum absolute atomic E-state index is 0.288. The maximum absolute atomic E-state index is 13.3. The average Bonchev–Trinajstić information content (AvgIpc) is 2.22. The van der Waals surface area contributed by atoms with Crippen LogP contribution in [-0.2, 0) is 4.84 Å². The van der Waals surface area contributed by atoms with E-state index in [0.717, 1.165) is 12.1 Å². The maximum Gasteiger partial charge on any atom is 0.283 e. The summed E-state index contributed by atoms with van der Waals surface area (Å²) in [5, 5.41) is 0.709. The summed E-state index contributed by atoms with van der Waals surface area (Å²) >= 11 is 0. The van der Waals surface area contributed by atoms with Crippen molar-refractivity contribution in [1.29, 1.82) is 0 Å². The Morgan fingerprint density at radius 3 is 2.60 bits per heavy atom. The number of amides is 1. The number of carbonyl (C=O) groups excluding carboxylic acids is 1. The third-order valence-corrected chi connectivity index (χ3v) is 1.89. The second-order valence-electron chi connectivity index (χ2n) is 2.81. The van der Waals surface area contributed by atoms with E-state index >= 15 is 0 Å². The summed E-state index contributed by atoms with van der Waals surface area (Å²) in [4.78, 5) is 16.0. The zero-order valence-corrected chi connectivity index (χ0v) is 8.25. The van der Waals surface area contributed by atoms with Crippen LogP contribution in [0.4, 0.5) is 14.5 Å². The molecule has 0 atom stereocenters. The molecule has 4 nitrogen and oxygen atoms in total. The molecule has 82 valence electrons. The quantitative estimate of drug-likeness (QED) is 0.596. The van der Waals surface area contributed by atoms with Gasteiger partial charge in [0.15, 0.2) is 5.82 Å². The van der Waals surface area contributed by atoms with E-state index in [1.165, 1.54) is 14.2 Å². The summed E-state index contributed by atoms with van der Waals surface area (Å²) in [7, 11) is 2.45. The van der Waals surface area contributed by atoms with Crippen molar-refractivity contribution < 1.29 is 18.4 Å². The molecule has 0 aliphatic rings. The molecule has 0 aliphatic heterocycles. The fourth-order valence-corrected chi connectivity index (χ4v) is 1.01. The number of nitrogens with zero attached hydrogens (tertiary/aromatic N) is 1. The lowest BCUT2D eigenvalue weighted by atomic mass is 10.1. The lowest BCUT2D eigenvalue weighted by Crippen LogP contribution is -2.27. The molecule has 0 bridgehead atoms. The highest BCUT2D eigenvalue weighted by molar-refractivity contribution is 5.94.